The number of hydrogen-bond acceptors (Lipinski definition) is 5. The Morgan fingerprint density at radius 1 is 1.17 bits per heavy atom. The first-order valence-corrected chi connectivity index (χ1v) is 9.79. The summed E-state index contributed by atoms with van der Waals surface area (Å²) in [6.45, 7) is 2.74. The van der Waals surface area contributed by atoms with Crippen molar-refractivity contribution in [2.45, 2.75) is 19.8 Å². The maximum atomic E-state index is 13.0. The van der Waals surface area contributed by atoms with Gasteiger partial charge < -0.3 is 9.64 Å². The van der Waals surface area contributed by atoms with Gasteiger partial charge in [-0.05, 0) is 50.1 Å². The van der Waals surface area contributed by atoms with Crippen molar-refractivity contribution in [2.24, 2.45) is 5.92 Å². The fraction of sp³-hybridized carbons (Fsp3) is 0.333. The Morgan fingerprint density at radius 2 is 1.83 bits per heavy atom. The Balaban J connectivity index is 1.74. The predicted molar refractivity (Wildman–Crippen MR) is 109 cm³/mol. The van der Waals surface area contributed by atoms with E-state index in [0.29, 0.717) is 43.1 Å². The zero-order chi connectivity index (χ0) is 21.0. The van der Waals surface area contributed by atoms with E-state index in [2.05, 4.69) is 0 Å². The Hall–Kier alpha value is -2.93. The first kappa shape index (κ1) is 20.8. The Kier molecular flexibility index (Phi) is 6.49. The van der Waals surface area contributed by atoms with Gasteiger partial charge in [-0.2, -0.15) is 0 Å². The number of nitro benzene ring substituents is 1. The van der Waals surface area contributed by atoms with E-state index in [1.807, 2.05) is 0 Å². The predicted octanol–water partition coefficient (Wildman–Crippen LogP) is 4.38. The second-order valence-electron chi connectivity index (χ2n) is 6.78. The Bertz CT molecular complexity index is 921. The average Bonchev–Trinajstić information content (AvgIpc) is 2.73. The van der Waals surface area contributed by atoms with Gasteiger partial charge in [-0.3, -0.25) is 19.7 Å². The molecule has 8 heteroatoms. The molecule has 1 saturated heterocycles. The van der Waals surface area contributed by atoms with Gasteiger partial charge in [-0.1, -0.05) is 17.7 Å². The molecule has 0 aromatic heterocycles. The topological polar surface area (TPSA) is 89.8 Å². The van der Waals surface area contributed by atoms with E-state index < -0.39 is 10.8 Å². The van der Waals surface area contributed by atoms with Crippen LogP contribution in [-0.2, 0) is 0 Å². The molecule has 1 aliphatic rings. The third-order valence-corrected chi connectivity index (χ3v) is 5.25. The molecule has 3 rings (SSSR count). The van der Waals surface area contributed by atoms with Gasteiger partial charge in [0.25, 0.3) is 11.6 Å². The molecule has 1 aliphatic heterocycles. The highest BCUT2D eigenvalue weighted by molar-refractivity contribution is 6.30. The molecule has 0 spiro atoms. The molecule has 0 N–H and O–H groups in total. The van der Waals surface area contributed by atoms with Crippen molar-refractivity contribution < 1.29 is 19.2 Å². The van der Waals surface area contributed by atoms with Gasteiger partial charge in [0.05, 0.1) is 11.5 Å². The van der Waals surface area contributed by atoms with Crippen molar-refractivity contribution in [1.82, 2.24) is 4.90 Å². The van der Waals surface area contributed by atoms with Crippen molar-refractivity contribution >= 4 is 29.0 Å². The van der Waals surface area contributed by atoms with Crippen molar-refractivity contribution in [2.75, 3.05) is 19.7 Å². The van der Waals surface area contributed by atoms with Crippen LogP contribution in [0, 0.1) is 16.0 Å². The number of Topliss-reactive ketones (excluding diaryl/α,β-unsaturated/α-hetero) is 1. The molecular weight excluding hydrogens is 396 g/mol. The van der Waals surface area contributed by atoms with Crippen LogP contribution in [-0.4, -0.2) is 41.2 Å². The van der Waals surface area contributed by atoms with Gasteiger partial charge in [0, 0.05) is 35.7 Å². The minimum absolute atomic E-state index is 0.0227. The van der Waals surface area contributed by atoms with Crippen molar-refractivity contribution in [3.05, 3.63) is 68.7 Å². The number of ketones is 1. The number of likely N-dealkylation sites (tertiary alicyclic amines) is 1. The summed E-state index contributed by atoms with van der Waals surface area (Å²) in [7, 11) is 0. The van der Waals surface area contributed by atoms with Crippen molar-refractivity contribution in [3.8, 4) is 5.75 Å². The zero-order valence-electron chi connectivity index (χ0n) is 16.0. The Labute approximate surface area is 173 Å². The lowest BCUT2D eigenvalue weighted by Crippen LogP contribution is -2.40. The first-order valence-electron chi connectivity index (χ1n) is 9.41. The molecule has 1 heterocycles. The molecule has 0 bridgehead atoms. The summed E-state index contributed by atoms with van der Waals surface area (Å²) in [5.41, 5.74) is 0.277. The first-order chi connectivity index (χ1) is 13.9. The van der Waals surface area contributed by atoms with Crippen LogP contribution in [0.1, 0.15) is 40.5 Å². The summed E-state index contributed by atoms with van der Waals surface area (Å²) in [5.74, 6) is -0.420. The van der Waals surface area contributed by atoms with Crippen LogP contribution < -0.4 is 4.74 Å². The number of benzene rings is 2. The number of nitrogens with zero attached hydrogens (tertiary/aromatic N) is 2. The third-order valence-electron chi connectivity index (χ3n) is 5.00. The summed E-state index contributed by atoms with van der Waals surface area (Å²) in [5, 5.41) is 12.0. The second-order valence-corrected chi connectivity index (χ2v) is 7.21. The number of ether oxygens (including phenoxy) is 1. The van der Waals surface area contributed by atoms with Crippen molar-refractivity contribution in [1.29, 1.82) is 0 Å². The van der Waals surface area contributed by atoms with E-state index in [9.17, 15) is 19.7 Å². The fourth-order valence-corrected chi connectivity index (χ4v) is 3.64. The molecule has 0 radical (unpaired) electrons. The van der Waals surface area contributed by atoms with E-state index in [1.54, 1.807) is 42.2 Å². The number of rotatable bonds is 6. The second kappa shape index (κ2) is 9.05. The van der Waals surface area contributed by atoms with E-state index in [4.69, 9.17) is 16.3 Å². The summed E-state index contributed by atoms with van der Waals surface area (Å²) >= 11 is 5.87. The number of halogens is 1. The summed E-state index contributed by atoms with van der Waals surface area (Å²) in [6.07, 6.45) is 0.996. The minimum Gasteiger partial charge on any atom is -0.493 e. The highest BCUT2D eigenvalue weighted by Gasteiger charge is 2.33. The molecule has 152 valence electrons. The van der Waals surface area contributed by atoms with Gasteiger partial charge >= 0.3 is 0 Å². The quantitative estimate of drug-likeness (QED) is 0.396. The fourth-order valence-electron chi connectivity index (χ4n) is 3.52. The van der Waals surface area contributed by atoms with Crippen LogP contribution in [0.15, 0.2) is 42.5 Å². The third kappa shape index (κ3) is 4.56. The summed E-state index contributed by atoms with van der Waals surface area (Å²) in [6, 6.07) is 11.1. The van der Waals surface area contributed by atoms with Gasteiger partial charge in [-0.15, -0.1) is 0 Å². The maximum absolute atomic E-state index is 13.0. The number of piperidine rings is 1. The van der Waals surface area contributed by atoms with Crippen LogP contribution in [0.2, 0.25) is 5.02 Å². The molecule has 2 aromatic rings. The lowest BCUT2D eigenvalue weighted by molar-refractivity contribution is -0.385. The van der Waals surface area contributed by atoms with Gasteiger partial charge in [-0.25, -0.2) is 0 Å². The zero-order valence-corrected chi connectivity index (χ0v) is 16.7. The smallest absolute Gasteiger partial charge is 0.285 e. The van der Waals surface area contributed by atoms with Crippen LogP contribution in [0.4, 0.5) is 5.69 Å². The molecule has 2 aromatic carbocycles. The molecular formula is C21H21ClN2O5. The van der Waals surface area contributed by atoms with Gasteiger partial charge in [0.1, 0.15) is 5.75 Å². The number of carbonyl (C=O) groups is 2. The molecule has 7 nitrogen and oxygen atoms in total. The van der Waals surface area contributed by atoms with E-state index in [0.717, 1.165) is 0 Å². The average molecular weight is 417 g/mol. The lowest BCUT2D eigenvalue weighted by atomic mass is 9.88. The SMILES string of the molecule is CCOc1cccc([N+](=O)[O-])c1C(=O)N1CCC(C(=O)c2ccc(Cl)cc2)CC1. The number of amides is 1. The molecule has 0 saturated carbocycles. The van der Waals surface area contributed by atoms with Crippen molar-refractivity contribution in [3.63, 3.8) is 0 Å². The van der Waals surface area contributed by atoms with Crippen LogP contribution in [0.3, 0.4) is 0 Å². The molecule has 0 aliphatic carbocycles. The largest absolute Gasteiger partial charge is 0.493 e. The van der Waals surface area contributed by atoms with Crippen LogP contribution in [0.25, 0.3) is 0 Å². The minimum atomic E-state index is -0.577. The van der Waals surface area contributed by atoms with Gasteiger partial charge in [0.2, 0.25) is 0 Å². The summed E-state index contributed by atoms with van der Waals surface area (Å²) in [4.78, 5) is 38.1. The lowest BCUT2D eigenvalue weighted by Gasteiger charge is -2.31. The highest BCUT2D eigenvalue weighted by atomic mass is 35.5. The number of hydrogen-bond donors (Lipinski definition) is 0. The van der Waals surface area contributed by atoms with Crippen LogP contribution >= 0.6 is 11.6 Å². The van der Waals surface area contributed by atoms with E-state index >= 15 is 0 Å². The van der Waals surface area contributed by atoms with E-state index in [-0.39, 0.29) is 28.7 Å². The number of nitro groups is 1. The molecule has 0 unspecified atom stereocenters. The molecule has 1 amide bonds. The summed E-state index contributed by atoms with van der Waals surface area (Å²) < 4.78 is 5.45. The number of carbonyl (C=O) groups excluding carboxylic acids is 2. The molecule has 29 heavy (non-hydrogen) atoms. The van der Waals surface area contributed by atoms with Gasteiger partial charge in [0.15, 0.2) is 11.3 Å². The Morgan fingerprint density at radius 3 is 2.41 bits per heavy atom. The molecule has 1 fully saturated rings. The normalized spacial score (nSPS) is 14.5. The van der Waals surface area contributed by atoms with E-state index in [1.165, 1.54) is 12.1 Å². The highest BCUT2D eigenvalue weighted by Crippen LogP contribution is 2.31. The molecule has 0 atom stereocenters. The standard InChI is InChI=1S/C21H21ClN2O5/c1-2-29-18-5-3-4-17(24(27)28)19(18)21(26)23-12-10-15(11-13-23)20(25)14-6-8-16(22)9-7-14/h3-9,15H,2,10-13H2,1H3. The monoisotopic (exact) mass is 416 g/mol. The van der Waals surface area contributed by atoms with Crippen LogP contribution in [0.5, 0.6) is 5.75 Å². The maximum Gasteiger partial charge on any atom is 0.285 e.